The fourth-order valence-corrected chi connectivity index (χ4v) is 6.81. The number of carbonyl (C=O) groups is 2. The quantitative estimate of drug-likeness (QED) is 0.332. The minimum Gasteiger partial charge on any atom is -0.457 e. The van der Waals surface area contributed by atoms with Gasteiger partial charge in [-0.1, -0.05) is 36.4 Å². The van der Waals surface area contributed by atoms with Crippen LogP contribution < -0.4 is 16.3 Å². The van der Waals surface area contributed by atoms with Gasteiger partial charge in [-0.05, 0) is 43.8 Å². The maximum Gasteiger partial charge on any atom is 0.250 e. The second-order valence-electron chi connectivity index (χ2n) is 11.2. The van der Waals surface area contributed by atoms with Crippen molar-refractivity contribution >= 4 is 34.7 Å². The number of hydrogen-bond acceptors (Lipinski definition) is 7. The molecule has 3 aromatic heterocycles. The fourth-order valence-electron chi connectivity index (χ4n) is 6.34. The molecule has 2 aliphatic heterocycles. The minimum atomic E-state index is -0.700. The van der Waals surface area contributed by atoms with E-state index >= 15 is 0 Å². The molecule has 218 valence electrons. The molecular formula is C32H33N3O6S. The van der Waals surface area contributed by atoms with Crippen LogP contribution in [0.25, 0.3) is 22.5 Å². The molecule has 1 fully saturated rings. The standard InChI is InChI=1S/C32H33N3O6S/c1-19-13-26(36)31-30(40-19)23(29(41-31)21-7-4-3-5-8-21)15-27(37)33-24(11-12-42-2)32(39)34-16-20-14-22(18-34)25-9-6-10-28(38)35(25)17-20/h3-10,13,20,22,24H,11-12,14-18H2,1-2H3,(H,33,37). The number of rotatable bonds is 8. The molecule has 6 rings (SSSR count). The average molecular weight is 588 g/mol. The Morgan fingerprint density at radius 2 is 1.83 bits per heavy atom. The molecule has 2 aliphatic rings. The van der Waals surface area contributed by atoms with Crippen molar-refractivity contribution in [1.29, 1.82) is 0 Å². The van der Waals surface area contributed by atoms with E-state index in [9.17, 15) is 19.2 Å². The van der Waals surface area contributed by atoms with Crippen molar-refractivity contribution in [3.05, 3.63) is 92.2 Å². The van der Waals surface area contributed by atoms with Crippen molar-refractivity contribution < 1.29 is 18.4 Å². The van der Waals surface area contributed by atoms with Gasteiger partial charge in [0.25, 0.3) is 5.56 Å². The summed E-state index contributed by atoms with van der Waals surface area (Å²) >= 11 is 1.62. The number of fused-ring (bicyclic) bond motifs is 5. The van der Waals surface area contributed by atoms with E-state index in [1.54, 1.807) is 30.8 Å². The zero-order valence-corrected chi connectivity index (χ0v) is 24.4. The summed E-state index contributed by atoms with van der Waals surface area (Å²) in [5.74, 6) is 1.33. The summed E-state index contributed by atoms with van der Waals surface area (Å²) in [6.45, 7) is 3.34. The number of piperidine rings is 1. The Morgan fingerprint density at radius 1 is 1.02 bits per heavy atom. The molecule has 0 aliphatic carbocycles. The Kier molecular flexibility index (Phi) is 7.81. The van der Waals surface area contributed by atoms with Crippen LogP contribution >= 0.6 is 11.8 Å². The Balaban J connectivity index is 1.25. The van der Waals surface area contributed by atoms with E-state index in [-0.39, 0.29) is 52.2 Å². The van der Waals surface area contributed by atoms with Gasteiger partial charge in [0.2, 0.25) is 22.8 Å². The van der Waals surface area contributed by atoms with E-state index in [2.05, 4.69) is 5.32 Å². The highest BCUT2D eigenvalue weighted by Crippen LogP contribution is 2.36. The molecule has 1 saturated heterocycles. The summed E-state index contributed by atoms with van der Waals surface area (Å²) < 4.78 is 13.7. The van der Waals surface area contributed by atoms with Gasteiger partial charge in [0.15, 0.2) is 5.58 Å². The van der Waals surface area contributed by atoms with E-state index in [1.807, 2.05) is 52.1 Å². The van der Waals surface area contributed by atoms with Gasteiger partial charge in [-0.15, -0.1) is 0 Å². The zero-order valence-electron chi connectivity index (χ0n) is 23.6. The van der Waals surface area contributed by atoms with Gasteiger partial charge >= 0.3 is 0 Å². The molecule has 0 radical (unpaired) electrons. The molecule has 2 amide bonds. The van der Waals surface area contributed by atoms with E-state index < -0.39 is 6.04 Å². The molecule has 1 N–H and O–H groups in total. The lowest BCUT2D eigenvalue weighted by Gasteiger charge is -2.43. The zero-order chi connectivity index (χ0) is 29.4. The van der Waals surface area contributed by atoms with Crippen LogP contribution in [0.1, 0.15) is 35.8 Å². The lowest BCUT2D eigenvalue weighted by atomic mass is 9.83. The molecule has 3 unspecified atom stereocenters. The first-order chi connectivity index (χ1) is 20.3. The minimum absolute atomic E-state index is 0.000224. The van der Waals surface area contributed by atoms with E-state index in [4.69, 9.17) is 8.83 Å². The molecular weight excluding hydrogens is 554 g/mol. The van der Waals surface area contributed by atoms with Crippen molar-refractivity contribution in [2.24, 2.45) is 5.92 Å². The van der Waals surface area contributed by atoms with Crippen LogP contribution in [0.2, 0.25) is 0 Å². The highest BCUT2D eigenvalue weighted by molar-refractivity contribution is 7.98. The number of amides is 2. The highest BCUT2D eigenvalue weighted by Gasteiger charge is 2.38. The van der Waals surface area contributed by atoms with E-state index in [1.165, 1.54) is 6.07 Å². The molecule has 1 aromatic carbocycles. The van der Waals surface area contributed by atoms with Gasteiger partial charge in [-0.25, -0.2) is 0 Å². The lowest BCUT2D eigenvalue weighted by Crippen LogP contribution is -2.55. The fraction of sp³-hybridized carbons (Fsp3) is 0.375. The Hall–Kier alpha value is -4.05. The molecule has 3 atom stereocenters. The number of pyridine rings is 1. The van der Waals surface area contributed by atoms with E-state index in [0.717, 1.165) is 17.7 Å². The second kappa shape index (κ2) is 11.7. The predicted molar refractivity (Wildman–Crippen MR) is 162 cm³/mol. The summed E-state index contributed by atoms with van der Waals surface area (Å²) in [4.78, 5) is 54.5. The summed E-state index contributed by atoms with van der Waals surface area (Å²) in [5, 5.41) is 2.99. The lowest BCUT2D eigenvalue weighted by molar-refractivity contribution is -0.138. The monoisotopic (exact) mass is 587 g/mol. The van der Waals surface area contributed by atoms with Crippen LogP contribution in [0.4, 0.5) is 0 Å². The first kappa shape index (κ1) is 28.1. The van der Waals surface area contributed by atoms with Crippen LogP contribution in [0.5, 0.6) is 0 Å². The number of hydrogen-bond donors (Lipinski definition) is 1. The normalized spacial score (nSPS) is 18.5. The van der Waals surface area contributed by atoms with Gasteiger partial charge in [-0.3, -0.25) is 19.2 Å². The van der Waals surface area contributed by atoms with Crippen molar-refractivity contribution in [2.75, 3.05) is 25.1 Å². The molecule has 9 nitrogen and oxygen atoms in total. The summed E-state index contributed by atoms with van der Waals surface area (Å²) in [5.41, 5.74) is 2.16. The van der Waals surface area contributed by atoms with Gasteiger partial charge in [0.05, 0.1) is 12.0 Å². The Morgan fingerprint density at radius 3 is 2.62 bits per heavy atom. The number of furan rings is 1. The number of aryl methyl sites for hydroxylation is 1. The summed E-state index contributed by atoms with van der Waals surface area (Å²) in [7, 11) is 0. The van der Waals surface area contributed by atoms with Gasteiger partial charge in [-0.2, -0.15) is 11.8 Å². The molecule has 42 heavy (non-hydrogen) atoms. The van der Waals surface area contributed by atoms with Crippen molar-refractivity contribution in [3.63, 3.8) is 0 Å². The maximum absolute atomic E-state index is 13.9. The molecule has 5 heterocycles. The topological polar surface area (TPSA) is 115 Å². The number of carbonyl (C=O) groups excluding carboxylic acids is 2. The van der Waals surface area contributed by atoms with Crippen molar-refractivity contribution in [1.82, 2.24) is 14.8 Å². The first-order valence-electron chi connectivity index (χ1n) is 14.2. The smallest absolute Gasteiger partial charge is 0.250 e. The molecule has 0 saturated carbocycles. The predicted octanol–water partition coefficient (Wildman–Crippen LogP) is 3.95. The second-order valence-corrected chi connectivity index (χ2v) is 12.2. The first-order valence-corrected chi connectivity index (χ1v) is 15.6. The third-order valence-electron chi connectivity index (χ3n) is 8.19. The van der Waals surface area contributed by atoms with Crippen LogP contribution in [-0.2, 0) is 22.6 Å². The highest BCUT2D eigenvalue weighted by atomic mass is 32.2. The number of aromatic nitrogens is 1. The van der Waals surface area contributed by atoms with Crippen LogP contribution in [-0.4, -0.2) is 52.4 Å². The number of thioether (sulfide) groups is 1. The number of likely N-dealkylation sites (tertiary alicyclic amines) is 1. The number of nitrogens with zero attached hydrogens (tertiary/aromatic N) is 2. The van der Waals surface area contributed by atoms with Crippen LogP contribution in [0.3, 0.4) is 0 Å². The molecule has 0 spiro atoms. The van der Waals surface area contributed by atoms with Crippen LogP contribution in [0, 0.1) is 12.8 Å². The third-order valence-corrected chi connectivity index (χ3v) is 8.83. The van der Waals surface area contributed by atoms with E-state index in [0.29, 0.717) is 48.9 Å². The van der Waals surface area contributed by atoms with Gasteiger partial charge < -0.3 is 23.6 Å². The van der Waals surface area contributed by atoms with Crippen LogP contribution in [0.15, 0.2) is 73.0 Å². The third kappa shape index (κ3) is 5.43. The van der Waals surface area contributed by atoms with Gasteiger partial charge in [0, 0.05) is 48.9 Å². The Labute approximate surface area is 246 Å². The Bertz CT molecular complexity index is 1760. The molecule has 2 bridgehead atoms. The van der Waals surface area contributed by atoms with Crippen molar-refractivity contribution in [3.8, 4) is 11.3 Å². The van der Waals surface area contributed by atoms with Gasteiger partial charge in [0.1, 0.15) is 17.6 Å². The van der Waals surface area contributed by atoms with Crippen molar-refractivity contribution in [2.45, 2.75) is 44.7 Å². The summed E-state index contributed by atoms with van der Waals surface area (Å²) in [6.07, 6.45) is 3.28. The maximum atomic E-state index is 13.9. The number of nitrogens with one attached hydrogen (secondary N) is 1. The molecule has 10 heteroatoms. The average Bonchev–Trinajstić information content (AvgIpc) is 3.34. The molecule has 4 aromatic rings. The largest absolute Gasteiger partial charge is 0.457 e. The summed E-state index contributed by atoms with van der Waals surface area (Å²) in [6, 6.07) is 15.3. The number of benzene rings is 1. The SMILES string of the molecule is CSCCC(NC(=O)Cc1c(-c2ccccc2)oc2c(=O)cc(C)oc12)C(=O)N1CC2CC(C1)c1cccc(=O)n1C2.